The molecule has 2 rings (SSSR count). The minimum atomic E-state index is -0.808. The summed E-state index contributed by atoms with van der Waals surface area (Å²) in [4.78, 5) is 11.8. The molecule has 110 valence electrons. The first-order valence-corrected chi connectivity index (χ1v) is 7.81. The van der Waals surface area contributed by atoms with Crippen molar-refractivity contribution in [1.29, 1.82) is 0 Å². The van der Waals surface area contributed by atoms with Crippen LogP contribution in [0.2, 0.25) is 0 Å². The second-order valence-corrected chi connectivity index (χ2v) is 5.75. The van der Waals surface area contributed by atoms with Crippen LogP contribution < -0.4 is 4.72 Å². The Balaban J connectivity index is 1.88. The number of anilines is 1. The number of carboxylic acids is 1. The highest BCUT2D eigenvalue weighted by atomic mass is 32.2. The van der Waals surface area contributed by atoms with E-state index in [4.69, 9.17) is 5.11 Å². The standard InChI is InChI=1S/C17H19NO2S/c1-2-3-13-6-10-16(11-7-13)21-18-15-8-4-14(5-9-15)12-17(19)20/h4-11,18H,2-3,12H2,1H3,(H,19,20). The van der Waals surface area contributed by atoms with Gasteiger partial charge in [0.05, 0.1) is 6.42 Å². The molecule has 0 fully saturated rings. The summed E-state index contributed by atoms with van der Waals surface area (Å²) in [6.45, 7) is 2.18. The molecule has 0 radical (unpaired) electrons. The maximum atomic E-state index is 10.6. The zero-order valence-corrected chi connectivity index (χ0v) is 12.8. The van der Waals surface area contributed by atoms with Gasteiger partial charge in [-0.15, -0.1) is 0 Å². The lowest BCUT2D eigenvalue weighted by atomic mass is 10.1. The van der Waals surface area contributed by atoms with Gasteiger partial charge in [-0.05, 0) is 53.8 Å². The van der Waals surface area contributed by atoms with Gasteiger partial charge in [0.2, 0.25) is 0 Å². The summed E-state index contributed by atoms with van der Waals surface area (Å²) in [6.07, 6.45) is 2.34. The van der Waals surface area contributed by atoms with Crippen LogP contribution in [0.5, 0.6) is 0 Å². The number of benzene rings is 2. The fourth-order valence-electron chi connectivity index (χ4n) is 2.00. The third-order valence-corrected chi connectivity index (χ3v) is 3.90. The highest BCUT2D eigenvalue weighted by Crippen LogP contribution is 2.22. The molecule has 0 unspecified atom stereocenters. The summed E-state index contributed by atoms with van der Waals surface area (Å²) < 4.78 is 3.26. The Bertz CT molecular complexity index is 579. The Morgan fingerprint density at radius 1 is 1.05 bits per heavy atom. The quantitative estimate of drug-likeness (QED) is 0.745. The first-order valence-electron chi connectivity index (χ1n) is 7.00. The van der Waals surface area contributed by atoms with Gasteiger partial charge in [-0.2, -0.15) is 0 Å². The van der Waals surface area contributed by atoms with Crippen LogP contribution in [0.4, 0.5) is 5.69 Å². The molecule has 0 spiro atoms. The molecule has 3 nitrogen and oxygen atoms in total. The molecule has 0 amide bonds. The van der Waals surface area contributed by atoms with Gasteiger partial charge in [0, 0.05) is 10.6 Å². The van der Waals surface area contributed by atoms with Crippen LogP contribution in [-0.2, 0) is 17.6 Å². The van der Waals surface area contributed by atoms with E-state index in [-0.39, 0.29) is 6.42 Å². The average Bonchev–Trinajstić information content (AvgIpc) is 2.48. The van der Waals surface area contributed by atoms with Crippen molar-refractivity contribution in [2.75, 3.05) is 4.72 Å². The number of nitrogens with one attached hydrogen (secondary N) is 1. The van der Waals surface area contributed by atoms with E-state index in [2.05, 4.69) is 35.9 Å². The van der Waals surface area contributed by atoms with Gasteiger partial charge >= 0.3 is 5.97 Å². The van der Waals surface area contributed by atoms with Crippen LogP contribution in [0, 0.1) is 0 Å². The molecule has 0 atom stereocenters. The van der Waals surface area contributed by atoms with Crippen molar-refractivity contribution in [2.24, 2.45) is 0 Å². The summed E-state index contributed by atoms with van der Waals surface area (Å²) in [5, 5.41) is 8.73. The van der Waals surface area contributed by atoms with Crippen molar-refractivity contribution in [1.82, 2.24) is 0 Å². The van der Waals surface area contributed by atoms with Crippen molar-refractivity contribution in [2.45, 2.75) is 31.1 Å². The van der Waals surface area contributed by atoms with Gasteiger partial charge in [-0.3, -0.25) is 4.79 Å². The maximum absolute atomic E-state index is 10.6. The first kappa shape index (κ1) is 15.4. The highest BCUT2D eigenvalue weighted by Gasteiger charge is 2.01. The van der Waals surface area contributed by atoms with Gasteiger partial charge in [0.15, 0.2) is 0 Å². The Hall–Kier alpha value is -1.94. The average molecular weight is 301 g/mol. The lowest BCUT2D eigenvalue weighted by Gasteiger charge is -2.07. The van der Waals surface area contributed by atoms with E-state index >= 15 is 0 Å². The SMILES string of the molecule is CCCc1ccc(SNc2ccc(CC(=O)O)cc2)cc1. The van der Waals surface area contributed by atoms with E-state index in [9.17, 15) is 4.79 Å². The zero-order valence-electron chi connectivity index (χ0n) is 12.0. The lowest BCUT2D eigenvalue weighted by molar-refractivity contribution is -0.136. The molecule has 2 aromatic rings. The molecule has 0 aliphatic heterocycles. The summed E-state index contributed by atoms with van der Waals surface area (Å²) in [7, 11) is 0. The molecule has 21 heavy (non-hydrogen) atoms. The van der Waals surface area contributed by atoms with Gasteiger partial charge in [-0.1, -0.05) is 37.6 Å². The van der Waals surface area contributed by atoms with E-state index in [1.165, 1.54) is 5.56 Å². The molecule has 0 aliphatic carbocycles. The van der Waals surface area contributed by atoms with Crippen LogP contribution in [0.25, 0.3) is 0 Å². The van der Waals surface area contributed by atoms with Gasteiger partial charge in [-0.25, -0.2) is 0 Å². The highest BCUT2D eigenvalue weighted by molar-refractivity contribution is 8.00. The number of hydrogen-bond donors (Lipinski definition) is 2. The van der Waals surface area contributed by atoms with Crippen molar-refractivity contribution in [3.63, 3.8) is 0 Å². The predicted octanol–water partition coefficient (Wildman–Crippen LogP) is 4.39. The lowest BCUT2D eigenvalue weighted by Crippen LogP contribution is -1.99. The van der Waals surface area contributed by atoms with E-state index in [1.54, 1.807) is 11.9 Å². The molecule has 0 saturated carbocycles. The monoisotopic (exact) mass is 301 g/mol. The van der Waals surface area contributed by atoms with Gasteiger partial charge in [0.25, 0.3) is 0 Å². The fourth-order valence-corrected chi connectivity index (χ4v) is 2.64. The molecule has 2 aromatic carbocycles. The molecule has 0 aliphatic rings. The zero-order chi connectivity index (χ0) is 15.1. The molecular formula is C17H19NO2S. The smallest absolute Gasteiger partial charge is 0.307 e. The van der Waals surface area contributed by atoms with Crippen molar-refractivity contribution < 1.29 is 9.90 Å². The maximum Gasteiger partial charge on any atom is 0.307 e. The summed E-state index contributed by atoms with van der Waals surface area (Å²) in [5.74, 6) is -0.808. The Kier molecular flexibility index (Phi) is 5.69. The summed E-state index contributed by atoms with van der Waals surface area (Å²) >= 11 is 1.55. The predicted molar refractivity (Wildman–Crippen MR) is 87.7 cm³/mol. The van der Waals surface area contributed by atoms with E-state index < -0.39 is 5.97 Å². The Morgan fingerprint density at radius 3 is 2.24 bits per heavy atom. The van der Waals surface area contributed by atoms with Crippen LogP contribution in [0.3, 0.4) is 0 Å². The molecule has 0 bridgehead atoms. The largest absolute Gasteiger partial charge is 0.481 e. The van der Waals surface area contributed by atoms with Crippen LogP contribution in [0.15, 0.2) is 53.4 Å². The normalized spacial score (nSPS) is 10.3. The number of hydrogen-bond acceptors (Lipinski definition) is 3. The fraction of sp³-hybridized carbons (Fsp3) is 0.235. The van der Waals surface area contributed by atoms with Crippen molar-refractivity contribution in [3.8, 4) is 0 Å². The van der Waals surface area contributed by atoms with E-state index in [0.29, 0.717) is 0 Å². The molecule has 2 N–H and O–H groups in total. The number of aryl methyl sites for hydroxylation is 1. The topological polar surface area (TPSA) is 49.3 Å². The summed E-state index contributed by atoms with van der Waals surface area (Å²) in [5.41, 5.74) is 3.13. The Morgan fingerprint density at radius 2 is 1.67 bits per heavy atom. The first-order chi connectivity index (χ1) is 10.2. The van der Waals surface area contributed by atoms with Crippen molar-refractivity contribution >= 4 is 23.6 Å². The minimum absolute atomic E-state index is 0.0618. The van der Waals surface area contributed by atoms with E-state index in [0.717, 1.165) is 29.0 Å². The number of carbonyl (C=O) groups is 1. The number of rotatable bonds is 7. The molecule has 0 aromatic heterocycles. The van der Waals surface area contributed by atoms with Gasteiger partial charge < -0.3 is 9.83 Å². The minimum Gasteiger partial charge on any atom is -0.481 e. The Labute approximate surface area is 129 Å². The number of carboxylic acid groups (broad SMARTS) is 1. The number of aliphatic carboxylic acids is 1. The van der Waals surface area contributed by atoms with Gasteiger partial charge in [0.1, 0.15) is 0 Å². The third kappa shape index (κ3) is 5.16. The summed E-state index contributed by atoms with van der Waals surface area (Å²) in [6, 6.07) is 16.0. The van der Waals surface area contributed by atoms with Crippen LogP contribution >= 0.6 is 11.9 Å². The second-order valence-electron chi connectivity index (χ2n) is 4.87. The molecule has 0 saturated heterocycles. The molecule has 0 heterocycles. The molecule has 4 heteroatoms. The van der Waals surface area contributed by atoms with Crippen molar-refractivity contribution in [3.05, 3.63) is 59.7 Å². The second kappa shape index (κ2) is 7.74. The van der Waals surface area contributed by atoms with Crippen LogP contribution in [0.1, 0.15) is 24.5 Å². The molecular weight excluding hydrogens is 282 g/mol. The third-order valence-electron chi connectivity index (χ3n) is 3.06. The van der Waals surface area contributed by atoms with Crippen LogP contribution in [-0.4, -0.2) is 11.1 Å². The van der Waals surface area contributed by atoms with E-state index in [1.807, 2.05) is 24.3 Å².